The van der Waals surface area contributed by atoms with Crippen LogP contribution in [0, 0.1) is 0 Å². The second-order valence-corrected chi connectivity index (χ2v) is 4.40. The van der Waals surface area contributed by atoms with Gasteiger partial charge in [-0.05, 0) is 19.1 Å². The molecule has 5 nitrogen and oxygen atoms in total. The van der Waals surface area contributed by atoms with Gasteiger partial charge in [0.2, 0.25) is 0 Å². The van der Waals surface area contributed by atoms with E-state index in [9.17, 15) is 4.79 Å². The molecule has 0 spiro atoms. The fourth-order valence-electron chi connectivity index (χ4n) is 2.13. The molecule has 1 atom stereocenters. The van der Waals surface area contributed by atoms with E-state index < -0.39 is 0 Å². The van der Waals surface area contributed by atoms with Crippen LogP contribution < -0.4 is 9.64 Å². The fourth-order valence-corrected chi connectivity index (χ4v) is 2.13. The maximum absolute atomic E-state index is 12.5. The first kappa shape index (κ1) is 11.6. The number of hydrogen-bond donors (Lipinski definition) is 0. The van der Waals surface area contributed by atoms with Gasteiger partial charge in [0.15, 0.2) is 0 Å². The molecule has 0 saturated carbocycles. The lowest BCUT2D eigenvalue weighted by Crippen LogP contribution is -2.42. The van der Waals surface area contributed by atoms with Crippen LogP contribution in [0.1, 0.15) is 17.4 Å². The van der Waals surface area contributed by atoms with Gasteiger partial charge in [-0.2, -0.15) is 0 Å². The summed E-state index contributed by atoms with van der Waals surface area (Å²) in [7, 11) is 0. The molecule has 96 valence electrons. The fraction of sp³-hybridized carbons (Fsp3) is 0.214. The number of para-hydroxylation sites is 2. The average molecular weight is 255 g/mol. The minimum Gasteiger partial charge on any atom is -0.487 e. The lowest BCUT2D eigenvalue weighted by Gasteiger charge is -2.33. The number of anilines is 1. The van der Waals surface area contributed by atoms with Gasteiger partial charge in [0.1, 0.15) is 17.5 Å². The number of ether oxygens (including phenoxy) is 1. The Kier molecular flexibility index (Phi) is 2.87. The van der Waals surface area contributed by atoms with Gasteiger partial charge in [-0.1, -0.05) is 12.1 Å². The first-order valence-electron chi connectivity index (χ1n) is 6.09. The standard InChI is InChI=1S/C14H13N3O2/c1-10-9-17(12-4-2-3-5-13(12)19-10)14(18)11-8-15-6-7-16-11/h2-8,10H,9H2,1H3. The van der Waals surface area contributed by atoms with Gasteiger partial charge in [-0.15, -0.1) is 0 Å². The first-order chi connectivity index (χ1) is 9.25. The van der Waals surface area contributed by atoms with E-state index in [1.165, 1.54) is 12.4 Å². The summed E-state index contributed by atoms with van der Waals surface area (Å²) in [5, 5.41) is 0. The van der Waals surface area contributed by atoms with Crippen LogP contribution in [-0.4, -0.2) is 28.5 Å². The van der Waals surface area contributed by atoms with Crippen LogP contribution in [0.5, 0.6) is 5.75 Å². The molecule has 5 heteroatoms. The number of rotatable bonds is 1. The van der Waals surface area contributed by atoms with Crippen LogP contribution in [0.25, 0.3) is 0 Å². The van der Waals surface area contributed by atoms with E-state index >= 15 is 0 Å². The molecular weight excluding hydrogens is 242 g/mol. The highest BCUT2D eigenvalue weighted by molar-refractivity contribution is 6.05. The van der Waals surface area contributed by atoms with E-state index in [-0.39, 0.29) is 12.0 Å². The number of nitrogens with zero attached hydrogens (tertiary/aromatic N) is 3. The van der Waals surface area contributed by atoms with Crippen molar-refractivity contribution in [2.75, 3.05) is 11.4 Å². The molecular formula is C14H13N3O2. The van der Waals surface area contributed by atoms with Crippen molar-refractivity contribution in [2.45, 2.75) is 13.0 Å². The van der Waals surface area contributed by atoms with E-state index in [0.717, 1.165) is 11.4 Å². The Morgan fingerprint density at radius 2 is 2.21 bits per heavy atom. The van der Waals surface area contributed by atoms with E-state index in [1.54, 1.807) is 11.1 Å². The molecule has 2 heterocycles. The summed E-state index contributed by atoms with van der Waals surface area (Å²) in [4.78, 5) is 22.2. The molecule has 1 amide bonds. The largest absolute Gasteiger partial charge is 0.487 e. The van der Waals surface area contributed by atoms with E-state index in [4.69, 9.17) is 4.74 Å². The molecule has 1 aliphatic heterocycles. The predicted molar refractivity (Wildman–Crippen MR) is 70.2 cm³/mol. The highest BCUT2D eigenvalue weighted by atomic mass is 16.5. The zero-order valence-corrected chi connectivity index (χ0v) is 10.5. The summed E-state index contributed by atoms with van der Waals surface area (Å²) >= 11 is 0. The highest BCUT2D eigenvalue weighted by Gasteiger charge is 2.28. The third-order valence-corrected chi connectivity index (χ3v) is 2.95. The second-order valence-electron chi connectivity index (χ2n) is 4.40. The summed E-state index contributed by atoms with van der Waals surface area (Å²) in [5.41, 5.74) is 1.11. The van der Waals surface area contributed by atoms with Crippen LogP contribution in [0.3, 0.4) is 0 Å². The summed E-state index contributed by atoms with van der Waals surface area (Å²) in [6.07, 6.45) is 4.50. The van der Waals surface area contributed by atoms with Gasteiger partial charge in [0, 0.05) is 12.4 Å². The van der Waals surface area contributed by atoms with Crippen LogP contribution >= 0.6 is 0 Å². The van der Waals surface area contributed by atoms with Crippen molar-refractivity contribution in [1.82, 2.24) is 9.97 Å². The van der Waals surface area contributed by atoms with Crippen LogP contribution in [0.2, 0.25) is 0 Å². The normalized spacial score (nSPS) is 17.5. The number of benzene rings is 1. The molecule has 0 N–H and O–H groups in total. The number of fused-ring (bicyclic) bond motifs is 1. The molecule has 1 aromatic heterocycles. The molecule has 1 aromatic carbocycles. The van der Waals surface area contributed by atoms with Crippen molar-refractivity contribution in [2.24, 2.45) is 0 Å². The Balaban J connectivity index is 1.99. The molecule has 3 rings (SSSR count). The summed E-state index contributed by atoms with van der Waals surface area (Å²) in [6.45, 7) is 2.44. The van der Waals surface area contributed by atoms with Gasteiger partial charge in [0.05, 0.1) is 18.4 Å². The molecule has 0 bridgehead atoms. The van der Waals surface area contributed by atoms with Gasteiger partial charge < -0.3 is 4.74 Å². The SMILES string of the molecule is CC1CN(C(=O)c2cnccn2)c2ccccc2O1. The van der Waals surface area contributed by atoms with Crippen LogP contribution in [0.4, 0.5) is 5.69 Å². The minimum atomic E-state index is -0.157. The summed E-state index contributed by atoms with van der Waals surface area (Å²) in [5.74, 6) is 0.564. The molecule has 2 aromatic rings. The zero-order valence-electron chi connectivity index (χ0n) is 10.5. The van der Waals surface area contributed by atoms with Crippen molar-refractivity contribution in [3.05, 3.63) is 48.5 Å². The number of aromatic nitrogens is 2. The van der Waals surface area contributed by atoms with Gasteiger partial charge in [-0.3, -0.25) is 14.7 Å². The second kappa shape index (κ2) is 4.68. The van der Waals surface area contributed by atoms with Crippen LogP contribution in [0.15, 0.2) is 42.9 Å². The zero-order chi connectivity index (χ0) is 13.2. The van der Waals surface area contributed by atoms with Crippen molar-refractivity contribution in [3.63, 3.8) is 0 Å². The Labute approximate surface area is 110 Å². The highest BCUT2D eigenvalue weighted by Crippen LogP contribution is 2.33. The van der Waals surface area contributed by atoms with E-state index in [1.807, 2.05) is 31.2 Å². The lowest BCUT2D eigenvalue weighted by atomic mass is 10.2. The lowest BCUT2D eigenvalue weighted by molar-refractivity contribution is 0.0956. The Hall–Kier alpha value is -2.43. The van der Waals surface area contributed by atoms with Gasteiger partial charge in [-0.25, -0.2) is 4.98 Å². The number of carbonyl (C=O) groups is 1. The van der Waals surface area contributed by atoms with E-state index in [0.29, 0.717) is 12.2 Å². The molecule has 1 aliphatic rings. The molecule has 1 unspecified atom stereocenters. The number of carbonyl (C=O) groups excluding carboxylic acids is 1. The third-order valence-electron chi connectivity index (χ3n) is 2.95. The Morgan fingerprint density at radius 1 is 1.37 bits per heavy atom. The van der Waals surface area contributed by atoms with Crippen molar-refractivity contribution in [1.29, 1.82) is 0 Å². The molecule has 0 fully saturated rings. The molecule has 0 aliphatic carbocycles. The van der Waals surface area contributed by atoms with Crippen LogP contribution in [-0.2, 0) is 0 Å². The quantitative estimate of drug-likeness (QED) is 0.781. The first-order valence-corrected chi connectivity index (χ1v) is 6.09. The maximum atomic E-state index is 12.5. The van der Waals surface area contributed by atoms with Crippen molar-refractivity contribution < 1.29 is 9.53 Å². The average Bonchev–Trinajstić information content (AvgIpc) is 2.46. The Bertz CT molecular complexity index is 601. The minimum absolute atomic E-state index is 0.0458. The van der Waals surface area contributed by atoms with Crippen molar-refractivity contribution in [3.8, 4) is 5.75 Å². The molecule has 0 radical (unpaired) electrons. The predicted octanol–water partition coefficient (Wildman–Crippen LogP) is 1.90. The summed E-state index contributed by atoms with van der Waals surface area (Å²) in [6, 6.07) is 7.51. The number of amides is 1. The Morgan fingerprint density at radius 3 is 3.00 bits per heavy atom. The topological polar surface area (TPSA) is 55.3 Å². The van der Waals surface area contributed by atoms with E-state index in [2.05, 4.69) is 9.97 Å². The smallest absolute Gasteiger partial charge is 0.278 e. The molecule has 19 heavy (non-hydrogen) atoms. The molecule has 0 saturated heterocycles. The third kappa shape index (κ3) is 2.14. The monoisotopic (exact) mass is 255 g/mol. The van der Waals surface area contributed by atoms with Gasteiger partial charge >= 0.3 is 0 Å². The van der Waals surface area contributed by atoms with Crippen molar-refractivity contribution >= 4 is 11.6 Å². The maximum Gasteiger partial charge on any atom is 0.278 e. The summed E-state index contributed by atoms with van der Waals surface area (Å²) < 4.78 is 5.72. The number of hydrogen-bond acceptors (Lipinski definition) is 4. The van der Waals surface area contributed by atoms with Gasteiger partial charge in [0.25, 0.3) is 5.91 Å².